The lowest BCUT2D eigenvalue weighted by molar-refractivity contribution is -0.137. The molecule has 0 aromatic heterocycles. The second-order valence-corrected chi connectivity index (χ2v) is 6.30. The highest BCUT2D eigenvalue weighted by atomic mass is 35.5. The minimum Gasteiger partial charge on any atom is -0.468 e. The highest BCUT2D eigenvalue weighted by molar-refractivity contribution is 7.99. The number of carbonyl (C=O) groups is 2. The molecule has 1 aliphatic rings. The van der Waals surface area contributed by atoms with E-state index in [1.165, 1.54) is 18.9 Å². The van der Waals surface area contributed by atoms with Gasteiger partial charge in [0.1, 0.15) is 6.10 Å². The smallest absolute Gasteiger partial charge is 0.315 e. The Morgan fingerprint density at radius 1 is 1.42 bits per heavy atom. The lowest BCUT2D eigenvalue weighted by Crippen LogP contribution is -2.29. The average Bonchev–Trinajstić information content (AvgIpc) is 3.04. The van der Waals surface area contributed by atoms with Crippen LogP contribution in [0.15, 0.2) is 24.3 Å². The quantitative estimate of drug-likeness (QED) is 0.709. The molecule has 0 spiro atoms. The number of benzene rings is 1. The zero-order valence-electron chi connectivity index (χ0n) is 13.5. The van der Waals surface area contributed by atoms with Gasteiger partial charge < -0.3 is 20.5 Å². The number of hydrogen-bond donors (Lipinski definition) is 2. The number of nitrogens with one attached hydrogen (secondary N) is 1. The number of amides is 1. The van der Waals surface area contributed by atoms with Crippen molar-refractivity contribution in [2.75, 3.05) is 24.7 Å². The summed E-state index contributed by atoms with van der Waals surface area (Å²) >= 11 is 1.47. The summed E-state index contributed by atoms with van der Waals surface area (Å²) in [5.41, 5.74) is 7.31. The number of thioether (sulfide) groups is 1. The molecule has 1 aliphatic heterocycles. The van der Waals surface area contributed by atoms with Gasteiger partial charge in [-0.2, -0.15) is 0 Å². The molecule has 2 atom stereocenters. The molecule has 0 radical (unpaired) electrons. The first-order valence-electron chi connectivity index (χ1n) is 7.52. The highest BCUT2D eigenvalue weighted by Gasteiger charge is 2.29. The molecule has 1 amide bonds. The number of nitrogens with two attached hydrogens (primary N) is 1. The van der Waals surface area contributed by atoms with E-state index in [-0.39, 0.29) is 30.4 Å². The van der Waals surface area contributed by atoms with E-state index in [2.05, 4.69) is 10.1 Å². The fourth-order valence-corrected chi connectivity index (χ4v) is 3.15. The maximum absolute atomic E-state index is 12.2. The number of esters is 1. The molecule has 0 saturated carbocycles. The van der Waals surface area contributed by atoms with Gasteiger partial charge in [0.15, 0.2) is 0 Å². The minimum absolute atomic E-state index is 0. The molecule has 0 bridgehead atoms. The highest BCUT2D eigenvalue weighted by Crippen LogP contribution is 2.21. The number of rotatable bonds is 7. The van der Waals surface area contributed by atoms with Gasteiger partial charge in [0.2, 0.25) is 0 Å². The molecule has 1 saturated heterocycles. The van der Waals surface area contributed by atoms with Gasteiger partial charge in [-0.25, -0.2) is 0 Å². The van der Waals surface area contributed by atoms with E-state index >= 15 is 0 Å². The van der Waals surface area contributed by atoms with Crippen LogP contribution in [0.3, 0.4) is 0 Å². The first kappa shape index (κ1) is 20.8. The maximum Gasteiger partial charge on any atom is 0.315 e. The van der Waals surface area contributed by atoms with Crippen molar-refractivity contribution in [1.29, 1.82) is 0 Å². The fraction of sp³-hybridized carbons (Fsp3) is 0.500. The third-order valence-electron chi connectivity index (χ3n) is 3.57. The van der Waals surface area contributed by atoms with E-state index in [4.69, 9.17) is 10.5 Å². The summed E-state index contributed by atoms with van der Waals surface area (Å²) in [6, 6.07) is 7.57. The zero-order chi connectivity index (χ0) is 16.7. The molecule has 8 heteroatoms. The van der Waals surface area contributed by atoms with E-state index in [0.29, 0.717) is 24.5 Å². The van der Waals surface area contributed by atoms with Crippen LogP contribution in [0.25, 0.3) is 0 Å². The molecule has 134 valence electrons. The number of hydrogen-bond acceptors (Lipinski definition) is 6. The Morgan fingerprint density at radius 3 is 2.88 bits per heavy atom. The second-order valence-electron chi connectivity index (χ2n) is 5.32. The van der Waals surface area contributed by atoms with Gasteiger partial charge >= 0.3 is 5.97 Å². The van der Waals surface area contributed by atoms with Gasteiger partial charge in [0.25, 0.3) is 5.91 Å². The van der Waals surface area contributed by atoms with Gasteiger partial charge in [0.05, 0.1) is 19.0 Å². The van der Waals surface area contributed by atoms with E-state index in [1.807, 2.05) is 24.3 Å². The van der Waals surface area contributed by atoms with Gasteiger partial charge in [-0.3, -0.25) is 9.59 Å². The summed E-state index contributed by atoms with van der Waals surface area (Å²) in [5, 5.41) is 2.87. The fourth-order valence-electron chi connectivity index (χ4n) is 2.34. The monoisotopic (exact) mass is 374 g/mol. The molecule has 2 rings (SSSR count). The van der Waals surface area contributed by atoms with Crippen molar-refractivity contribution in [2.45, 2.75) is 30.8 Å². The van der Waals surface area contributed by atoms with Crippen molar-refractivity contribution in [2.24, 2.45) is 5.73 Å². The lowest BCUT2D eigenvalue weighted by Gasteiger charge is -2.13. The average molecular weight is 375 g/mol. The first-order chi connectivity index (χ1) is 11.1. The normalized spacial score (nSPS) is 19.4. The standard InChI is InChI=1S/C16H22N2O4S.ClH/c1-21-15(19)10-23-9-11-3-2-4-12(7-11)18-16(20)14-6-5-13(8-17)22-14;/h2-4,7,13-14H,5-6,8-10,17H2,1H3,(H,18,20);1H/t13-,14+;/m1./s1. The summed E-state index contributed by atoms with van der Waals surface area (Å²) in [6.07, 6.45) is 1.06. The van der Waals surface area contributed by atoms with Crippen LogP contribution in [0.2, 0.25) is 0 Å². The molecule has 0 unspecified atom stereocenters. The summed E-state index contributed by atoms with van der Waals surface area (Å²) < 4.78 is 10.2. The molecule has 6 nitrogen and oxygen atoms in total. The Balaban J connectivity index is 0.00000288. The molecule has 24 heavy (non-hydrogen) atoms. The number of anilines is 1. The Morgan fingerprint density at radius 2 is 2.21 bits per heavy atom. The number of carbonyl (C=O) groups excluding carboxylic acids is 2. The Bertz CT molecular complexity index is 559. The van der Waals surface area contributed by atoms with E-state index in [0.717, 1.165) is 17.7 Å². The van der Waals surface area contributed by atoms with Gasteiger partial charge in [-0.1, -0.05) is 12.1 Å². The van der Waals surface area contributed by atoms with Crippen LogP contribution in [0.4, 0.5) is 5.69 Å². The number of halogens is 1. The van der Waals surface area contributed by atoms with Gasteiger partial charge in [-0.05, 0) is 30.5 Å². The van der Waals surface area contributed by atoms with Crippen molar-refractivity contribution < 1.29 is 19.1 Å². The van der Waals surface area contributed by atoms with Crippen molar-refractivity contribution in [3.8, 4) is 0 Å². The molecule has 1 heterocycles. The predicted molar refractivity (Wildman–Crippen MR) is 97.4 cm³/mol. The SMILES string of the molecule is COC(=O)CSCc1cccc(NC(=O)[C@@H]2CC[C@H](CN)O2)c1.Cl. The summed E-state index contributed by atoms with van der Waals surface area (Å²) in [7, 11) is 1.37. The van der Waals surface area contributed by atoms with E-state index in [9.17, 15) is 9.59 Å². The molecule has 1 fully saturated rings. The number of methoxy groups -OCH3 is 1. The lowest BCUT2D eigenvalue weighted by atomic mass is 10.1. The van der Waals surface area contributed by atoms with Crippen LogP contribution in [-0.4, -0.2) is 43.5 Å². The van der Waals surface area contributed by atoms with Gasteiger partial charge in [0, 0.05) is 18.0 Å². The molecular formula is C16H23ClN2O4S. The van der Waals surface area contributed by atoms with Crippen molar-refractivity contribution in [3.63, 3.8) is 0 Å². The maximum atomic E-state index is 12.2. The Labute approximate surface area is 152 Å². The topological polar surface area (TPSA) is 90.7 Å². The zero-order valence-corrected chi connectivity index (χ0v) is 15.2. The third kappa shape index (κ3) is 6.32. The first-order valence-corrected chi connectivity index (χ1v) is 8.67. The number of ether oxygens (including phenoxy) is 2. The van der Waals surface area contributed by atoms with Crippen LogP contribution in [0.1, 0.15) is 18.4 Å². The summed E-state index contributed by atoms with van der Waals surface area (Å²) in [5.74, 6) is 0.602. The van der Waals surface area contributed by atoms with Crippen LogP contribution >= 0.6 is 24.2 Å². The van der Waals surface area contributed by atoms with Crippen LogP contribution in [-0.2, 0) is 24.8 Å². The molecular weight excluding hydrogens is 352 g/mol. The van der Waals surface area contributed by atoms with Crippen LogP contribution in [0, 0.1) is 0 Å². The molecule has 3 N–H and O–H groups in total. The van der Waals surface area contributed by atoms with Crippen LogP contribution in [0.5, 0.6) is 0 Å². The third-order valence-corrected chi connectivity index (χ3v) is 4.55. The summed E-state index contributed by atoms with van der Waals surface area (Å²) in [4.78, 5) is 23.3. The van der Waals surface area contributed by atoms with Crippen molar-refractivity contribution in [3.05, 3.63) is 29.8 Å². The summed E-state index contributed by atoms with van der Waals surface area (Å²) in [6.45, 7) is 0.441. The molecule has 1 aromatic carbocycles. The molecule has 0 aliphatic carbocycles. The van der Waals surface area contributed by atoms with Gasteiger partial charge in [-0.15, -0.1) is 24.2 Å². The van der Waals surface area contributed by atoms with Crippen molar-refractivity contribution >= 4 is 41.7 Å². The predicted octanol–water partition coefficient (Wildman–Crippen LogP) is 1.96. The molecule has 1 aromatic rings. The minimum atomic E-state index is -0.430. The second kappa shape index (κ2) is 10.6. The van der Waals surface area contributed by atoms with E-state index < -0.39 is 6.10 Å². The van der Waals surface area contributed by atoms with Crippen LogP contribution < -0.4 is 11.1 Å². The van der Waals surface area contributed by atoms with Crippen molar-refractivity contribution in [1.82, 2.24) is 0 Å². The Kier molecular flexibility index (Phi) is 9.13. The Hall–Kier alpha value is -1.28. The largest absolute Gasteiger partial charge is 0.468 e. The van der Waals surface area contributed by atoms with E-state index in [1.54, 1.807) is 0 Å².